The van der Waals surface area contributed by atoms with Gasteiger partial charge in [-0.1, -0.05) is 30.8 Å². The van der Waals surface area contributed by atoms with E-state index in [-0.39, 0.29) is 22.8 Å². The number of carbonyl (C=O) groups excluding carboxylic acids is 2. The van der Waals surface area contributed by atoms with E-state index in [0.717, 1.165) is 17.9 Å². The smallest absolute Gasteiger partial charge is 0.330 e. The lowest BCUT2D eigenvalue weighted by Crippen LogP contribution is -3.00. The van der Waals surface area contributed by atoms with E-state index >= 15 is 0 Å². The molecule has 0 heterocycles. The maximum atomic E-state index is 12.6. The molecule has 0 saturated heterocycles. The van der Waals surface area contributed by atoms with Gasteiger partial charge < -0.3 is 30.9 Å². The zero-order valence-corrected chi connectivity index (χ0v) is 18.1. The van der Waals surface area contributed by atoms with E-state index in [0.29, 0.717) is 28.8 Å². The Morgan fingerprint density at radius 1 is 1.00 bits per heavy atom. The van der Waals surface area contributed by atoms with Crippen LogP contribution in [0, 0.1) is 0 Å². The van der Waals surface area contributed by atoms with Gasteiger partial charge in [-0.05, 0) is 24.3 Å². The van der Waals surface area contributed by atoms with Gasteiger partial charge in [-0.25, -0.2) is 4.79 Å². The molecule has 0 aliphatic carbocycles. The second-order valence-electron chi connectivity index (χ2n) is 6.94. The first-order valence-corrected chi connectivity index (χ1v) is 8.73. The molecule has 0 amide bonds. The molecule has 0 unspecified atom stereocenters. The van der Waals surface area contributed by atoms with Crippen molar-refractivity contribution in [3.63, 3.8) is 0 Å². The minimum atomic E-state index is -0.406. The third kappa shape index (κ3) is 6.94. The number of rotatable bonds is 9. The average Bonchev–Trinajstić information content (AvgIpc) is 2.67. The number of methoxy groups -OCH3 is 1. The molecule has 5 nitrogen and oxygen atoms in total. The summed E-state index contributed by atoms with van der Waals surface area (Å²) in [7, 11) is 5.73. The maximum absolute atomic E-state index is 12.6. The second kappa shape index (κ2) is 10.8. The van der Waals surface area contributed by atoms with Gasteiger partial charge in [0.1, 0.15) is 25.4 Å². The summed E-state index contributed by atoms with van der Waals surface area (Å²) in [4.78, 5) is 23.7. The van der Waals surface area contributed by atoms with E-state index in [9.17, 15) is 9.59 Å². The molecule has 0 fully saturated rings. The van der Waals surface area contributed by atoms with Gasteiger partial charge in [0.25, 0.3) is 0 Å². The maximum Gasteiger partial charge on any atom is 0.330 e. The minimum absolute atomic E-state index is 0. The molecule has 0 radical (unpaired) electrons. The average molecular weight is 448 g/mol. The van der Waals surface area contributed by atoms with Crippen molar-refractivity contribution in [1.29, 1.82) is 0 Å². The van der Waals surface area contributed by atoms with Crippen molar-refractivity contribution < 1.29 is 40.5 Å². The summed E-state index contributed by atoms with van der Waals surface area (Å²) in [5, 5.41) is 0. The highest BCUT2D eigenvalue weighted by Crippen LogP contribution is 2.17. The number of hydrogen-bond donors (Lipinski definition) is 0. The van der Waals surface area contributed by atoms with Gasteiger partial charge in [-0.15, -0.1) is 0 Å². The molecule has 28 heavy (non-hydrogen) atoms. The zero-order chi connectivity index (χ0) is 19.9. The first-order chi connectivity index (χ1) is 12.8. The van der Waals surface area contributed by atoms with Crippen molar-refractivity contribution in [2.45, 2.75) is 6.54 Å². The van der Waals surface area contributed by atoms with Crippen molar-refractivity contribution >= 4 is 11.8 Å². The lowest BCUT2D eigenvalue weighted by molar-refractivity contribution is -0.903. The summed E-state index contributed by atoms with van der Waals surface area (Å²) >= 11 is 0. The van der Waals surface area contributed by atoms with Crippen LogP contribution in [0.15, 0.2) is 61.2 Å². The molecule has 0 N–H and O–H groups in total. The Bertz CT molecular complexity index is 798. The van der Waals surface area contributed by atoms with Crippen molar-refractivity contribution in [2.24, 2.45) is 0 Å². The fourth-order valence-electron chi connectivity index (χ4n) is 2.70. The Morgan fingerprint density at radius 3 is 2.04 bits per heavy atom. The third-order valence-corrected chi connectivity index (χ3v) is 4.29. The number of hydrogen-bond acceptors (Lipinski definition) is 4. The van der Waals surface area contributed by atoms with E-state index < -0.39 is 5.97 Å². The first kappa shape index (κ1) is 23.6. The van der Waals surface area contributed by atoms with Crippen LogP contribution in [0.3, 0.4) is 0 Å². The number of esters is 1. The first-order valence-electron chi connectivity index (χ1n) is 8.73. The van der Waals surface area contributed by atoms with Crippen LogP contribution in [0.4, 0.5) is 0 Å². The van der Waals surface area contributed by atoms with E-state index in [2.05, 4.69) is 20.7 Å². The standard InChI is InChI=1S/C22H26NO4.BrH/c1-5-21(24)27-15-14-23(2,3)16-17-6-8-18(9-7-17)22(25)19-10-12-20(26-4)13-11-19;/h5-13H,1,14-16H2,2-4H3;1H/q+1;/p-1. The molecule has 150 valence electrons. The molecule has 6 heteroatoms. The highest BCUT2D eigenvalue weighted by atomic mass is 79.9. The van der Waals surface area contributed by atoms with Gasteiger partial charge in [-0.2, -0.15) is 0 Å². The Kier molecular flexibility index (Phi) is 9.09. The Balaban J connectivity index is 0.00000392. The number of quaternary nitrogens is 1. The molecule has 0 saturated carbocycles. The van der Waals surface area contributed by atoms with Crippen LogP contribution < -0.4 is 21.7 Å². The predicted molar refractivity (Wildman–Crippen MR) is 105 cm³/mol. The predicted octanol–water partition coefficient (Wildman–Crippen LogP) is 0.236. The lowest BCUT2D eigenvalue weighted by atomic mass is 10.0. The summed E-state index contributed by atoms with van der Waals surface area (Å²) in [6, 6.07) is 14.7. The Hall–Kier alpha value is -2.44. The molecular weight excluding hydrogens is 422 g/mol. The quantitative estimate of drug-likeness (QED) is 0.239. The van der Waals surface area contributed by atoms with E-state index in [4.69, 9.17) is 9.47 Å². The van der Waals surface area contributed by atoms with E-state index in [1.807, 2.05) is 24.3 Å². The second-order valence-corrected chi connectivity index (χ2v) is 6.94. The van der Waals surface area contributed by atoms with Crippen LogP contribution in [0.25, 0.3) is 0 Å². The fraction of sp³-hybridized carbons (Fsp3) is 0.273. The topological polar surface area (TPSA) is 52.6 Å². The minimum Gasteiger partial charge on any atom is -1.00 e. The van der Waals surface area contributed by atoms with Gasteiger partial charge in [0, 0.05) is 22.8 Å². The van der Waals surface area contributed by atoms with E-state index in [1.54, 1.807) is 31.4 Å². The van der Waals surface area contributed by atoms with Crippen LogP contribution in [0.2, 0.25) is 0 Å². The monoisotopic (exact) mass is 447 g/mol. The van der Waals surface area contributed by atoms with Crippen molar-refractivity contribution in [3.05, 3.63) is 77.9 Å². The normalized spacial score (nSPS) is 10.5. The van der Waals surface area contributed by atoms with E-state index in [1.165, 1.54) is 6.08 Å². The summed E-state index contributed by atoms with van der Waals surface area (Å²) in [5.41, 5.74) is 2.39. The molecule has 2 aromatic rings. The Labute approximate surface area is 176 Å². The molecule has 0 aliphatic rings. The molecule has 0 aromatic heterocycles. The molecule has 0 bridgehead atoms. The van der Waals surface area contributed by atoms with Crippen LogP contribution in [0.1, 0.15) is 21.5 Å². The Morgan fingerprint density at radius 2 is 1.54 bits per heavy atom. The number of ether oxygens (including phenoxy) is 2. The molecule has 2 aromatic carbocycles. The van der Waals surface area contributed by atoms with Crippen LogP contribution in [0.5, 0.6) is 5.75 Å². The molecular formula is C22H26BrNO4. The van der Waals surface area contributed by atoms with Crippen molar-refractivity contribution in [3.8, 4) is 5.75 Å². The lowest BCUT2D eigenvalue weighted by Gasteiger charge is -2.29. The summed E-state index contributed by atoms with van der Waals surface area (Å²) in [5.74, 6) is 0.298. The van der Waals surface area contributed by atoms with Gasteiger partial charge in [0.15, 0.2) is 5.78 Å². The van der Waals surface area contributed by atoms with Crippen LogP contribution in [-0.4, -0.2) is 50.6 Å². The van der Waals surface area contributed by atoms with Crippen molar-refractivity contribution in [1.82, 2.24) is 0 Å². The summed E-state index contributed by atoms with van der Waals surface area (Å²) in [6.07, 6.45) is 1.17. The van der Waals surface area contributed by atoms with Crippen LogP contribution in [-0.2, 0) is 16.1 Å². The van der Waals surface area contributed by atoms with Gasteiger partial charge in [0.2, 0.25) is 0 Å². The summed E-state index contributed by atoms with van der Waals surface area (Å²) in [6.45, 7) is 5.18. The SMILES string of the molecule is C=CC(=O)OCC[N+](C)(C)Cc1ccc(C(=O)c2ccc(OC)cc2)cc1.[Br-]. The largest absolute Gasteiger partial charge is 1.00 e. The zero-order valence-electron chi connectivity index (χ0n) is 16.5. The van der Waals surface area contributed by atoms with Crippen molar-refractivity contribution in [2.75, 3.05) is 34.4 Å². The highest BCUT2D eigenvalue weighted by Gasteiger charge is 2.17. The van der Waals surface area contributed by atoms with Gasteiger partial charge in [0.05, 0.1) is 21.2 Å². The highest BCUT2D eigenvalue weighted by molar-refractivity contribution is 6.09. The molecule has 0 atom stereocenters. The summed E-state index contributed by atoms with van der Waals surface area (Å²) < 4.78 is 10.8. The third-order valence-electron chi connectivity index (χ3n) is 4.29. The molecule has 0 spiro atoms. The number of carbonyl (C=O) groups is 2. The molecule has 2 rings (SSSR count). The number of halogens is 1. The fourth-order valence-corrected chi connectivity index (χ4v) is 2.70. The number of benzene rings is 2. The number of likely N-dealkylation sites (N-methyl/N-ethyl adjacent to an activating group) is 1. The number of nitrogens with zero attached hydrogens (tertiary/aromatic N) is 1. The van der Waals surface area contributed by atoms with Gasteiger partial charge in [-0.3, -0.25) is 4.79 Å². The molecule has 0 aliphatic heterocycles. The van der Waals surface area contributed by atoms with Crippen LogP contribution >= 0.6 is 0 Å². The van der Waals surface area contributed by atoms with Gasteiger partial charge >= 0.3 is 5.97 Å². The number of ketones is 1.